The number of aliphatic hydroxyl groups excluding tert-OH is 1. The Balaban J connectivity index is 1.19. The molecule has 0 bridgehead atoms. The summed E-state index contributed by atoms with van der Waals surface area (Å²) in [5.74, 6) is 1.30. The summed E-state index contributed by atoms with van der Waals surface area (Å²) < 4.78 is 7.30. The van der Waals surface area contributed by atoms with E-state index in [9.17, 15) is 5.11 Å². The zero-order valence-corrected chi connectivity index (χ0v) is 15.6. The number of nitrogens with zero attached hydrogens (tertiary/aromatic N) is 4. The number of hydrogen-bond acceptors (Lipinski definition) is 8. The van der Waals surface area contributed by atoms with Crippen molar-refractivity contribution < 1.29 is 9.84 Å². The van der Waals surface area contributed by atoms with E-state index in [0.29, 0.717) is 18.5 Å². The molecule has 140 valence electrons. The van der Waals surface area contributed by atoms with Gasteiger partial charge in [0.1, 0.15) is 6.10 Å². The number of hydrogen-bond donors (Lipinski definition) is 2. The summed E-state index contributed by atoms with van der Waals surface area (Å²) >= 11 is 1.68. The van der Waals surface area contributed by atoms with Crippen molar-refractivity contribution in [2.45, 2.75) is 37.5 Å². The van der Waals surface area contributed by atoms with Gasteiger partial charge in [0.2, 0.25) is 0 Å². The van der Waals surface area contributed by atoms with E-state index in [-0.39, 0.29) is 12.2 Å². The zero-order valence-electron chi connectivity index (χ0n) is 14.8. The lowest BCUT2D eigenvalue weighted by molar-refractivity contribution is 0.103. The lowest BCUT2D eigenvalue weighted by atomic mass is 9.89. The average Bonchev–Trinajstić information content (AvgIpc) is 3.26. The van der Waals surface area contributed by atoms with E-state index in [1.54, 1.807) is 23.7 Å². The van der Waals surface area contributed by atoms with Crippen LogP contribution >= 0.6 is 11.3 Å². The van der Waals surface area contributed by atoms with E-state index < -0.39 is 0 Å². The monoisotopic (exact) mass is 383 g/mol. The van der Waals surface area contributed by atoms with Crippen LogP contribution in [0.1, 0.15) is 19.3 Å². The van der Waals surface area contributed by atoms with Crippen molar-refractivity contribution >= 4 is 32.5 Å². The van der Waals surface area contributed by atoms with E-state index >= 15 is 0 Å². The molecule has 27 heavy (non-hydrogen) atoms. The highest BCUT2D eigenvalue weighted by molar-refractivity contribution is 7.22. The van der Waals surface area contributed by atoms with Gasteiger partial charge in [-0.05, 0) is 18.6 Å². The molecular formula is C19H21N5O2S. The third kappa shape index (κ3) is 3.42. The van der Waals surface area contributed by atoms with Crippen LogP contribution in [0.5, 0.6) is 5.88 Å². The lowest BCUT2D eigenvalue weighted by Crippen LogP contribution is -2.43. The number of thiazole rings is 1. The molecular weight excluding hydrogens is 362 g/mol. The molecule has 0 amide bonds. The number of aromatic nitrogens is 3. The summed E-state index contributed by atoms with van der Waals surface area (Å²) in [5, 5.41) is 14.2. The Morgan fingerprint density at radius 2 is 2.04 bits per heavy atom. The van der Waals surface area contributed by atoms with Crippen LogP contribution in [0.3, 0.4) is 0 Å². The van der Waals surface area contributed by atoms with Crippen molar-refractivity contribution in [3.8, 4) is 5.88 Å². The molecule has 3 heterocycles. The number of fused-ring (bicyclic) bond motifs is 1. The first-order chi connectivity index (χ1) is 13.2. The highest BCUT2D eigenvalue weighted by Gasteiger charge is 2.33. The smallest absolute Gasteiger partial charge is 0.257 e. The standard InChI is InChI=1S/C19H21N5O2S/c25-13-5-8-24(11-13)17-18(21-7-6-20-17)26-14-9-12(10-14)22-19-23-15-3-1-2-4-16(15)27-19/h1-4,6-7,12-14,25H,5,8-11H2,(H,22,23)/t12-,13-,14-/m0/s1. The van der Waals surface area contributed by atoms with E-state index in [2.05, 4.69) is 26.3 Å². The first-order valence-electron chi connectivity index (χ1n) is 9.27. The number of rotatable bonds is 5. The first kappa shape index (κ1) is 16.7. The Labute approximate surface area is 161 Å². The largest absolute Gasteiger partial charge is 0.472 e. The topological polar surface area (TPSA) is 83.4 Å². The molecule has 0 unspecified atom stereocenters. The summed E-state index contributed by atoms with van der Waals surface area (Å²) in [6.07, 6.45) is 5.73. The van der Waals surface area contributed by atoms with Crippen molar-refractivity contribution in [3.63, 3.8) is 0 Å². The minimum absolute atomic E-state index is 0.125. The highest BCUT2D eigenvalue weighted by Crippen LogP contribution is 2.34. The van der Waals surface area contributed by atoms with E-state index in [1.165, 1.54) is 4.70 Å². The average molecular weight is 383 g/mol. The Morgan fingerprint density at radius 1 is 1.19 bits per heavy atom. The summed E-state index contributed by atoms with van der Waals surface area (Å²) in [7, 11) is 0. The molecule has 2 aromatic heterocycles. The van der Waals surface area contributed by atoms with Gasteiger partial charge in [0.15, 0.2) is 10.9 Å². The Hall–Kier alpha value is -2.45. The molecule has 8 heteroatoms. The van der Waals surface area contributed by atoms with Crippen LogP contribution in [-0.2, 0) is 0 Å². The van der Waals surface area contributed by atoms with Crippen molar-refractivity contribution in [1.29, 1.82) is 0 Å². The SMILES string of the molecule is O[C@H]1CCN(c2nccnc2O[C@H]2C[C@H](Nc3nc4ccccc4s3)C2)C1. The number of β-amino-alcohol motifs (C(OH)–C–C–N with tert-alkyl or cyclic N) is 1. The summed E-state index contributed by atoms with van der Waals surface area (Å²) in [6, 6.07) is 8.54. The van der Waals surface area contributed by atoms with Gasteiger partial charge in [-0.25, -0.2) is 15.0 Å². The second-order valence-electron chi connectivity index (χ2n) is 7.11. The second kappa shape index (κ2) is 6.94. The molecule has 5 rings (SSSR count). The predicted octanol–water partition coefficient (Wildman–Crippen LogP) is 2.68. The molecule has 2 aliphatic rings. The molecule has 1 atom stereocenters. The van der Waals surface area contributed by atoms with Gasteiger partial charge in [-0.3, -0.25) is 0 Å². The fourth-order valence-electron chi connectivity index (χ4n) is 3.60. The van der Waals surface area contributed by atoms with Gasteiger partial charge in [0, 0.05) is 44.4 Å². The number of benzene rings is 1. The maximum Gasteiger partial charge on any atom is 0.257 e. The number of ether oxygens (including phenoxy) is 1. The van der Waals surface area contributed by atoms with Crippen LogP contribution in [0.2, 0.25) is 0 Å². The summed E-state index contributed by atoms with van der Waals surface area (Å²) in [5.41, 5.74) is 1.04. The number of anilines is 2. The molecule has 2 fully saturated rings. The normalized spacial score (nSPS) is 24.8. The van der Waals surface area contributed by atoms with Gasteiger partial charge < -0.3 is 20.1 Å². The minimum atomic E-state index is -0.300. The molecule has 1 aliphatic heterocycles. The number of nitrogens with one attached hydrogen (secondary N) is 1. The van der Waals surface area contributed by atoms with Gasteiger partial charge in [0.05, 0.1) is 16.3 Å². The third-order valence-corrected chi connectivity index (χ3v) is 6.07. The Bertz CT molecular complexity index is 910. The molecule has 1 saturated carbocycles. The third-order valence-electron chi connectivity index (χ3n) is 5.10. The maximum absolute atomic E-state index is 9.77. The van der Waals surface area contributed by atoms with Gasteiger partial charge in [0.25, 0.3) is 5.88 Å². The van der Waals surface area contributed by atoms with Crippen molar-refractivity contribution in [1.82, 2.24) is 15.0 Å². The van der Waals surface area contributed by atoms with Crippen LogP contribution in [0.4, 0.5) is 10.9 Å². The second-order valence-corrected chi connectivity index (χ2v) is 8.14. The first-order valence-corrected chi connectivity index (χ1v) is 10.1. The van der Waals surface area contributed by atoms with E-state index in [0.717, 1.165) is 42.3 Å². The van der Waals surface area contributed by atoms with Crippen molar-refractivity contribution in [3.05, 3.63) is 36.7 Å². The van der Waals surface area contributed by atoms with Crippen LogP contribution in [-0.4, -0.2) is 51.4 Å². The van der Waals surface area contributed by atoms with Gasteiger partial charge >= 0.3 is 0 Å². The van der Waals surface area contributed by atoms with Gasteiger partial charge in [-0.1, -0.05) is 23.5 Å². The fourth-order valence-corrected chi connectivity index (χ4v) is 4.54. The minimum Gasteiger partial charge on any atom is -0.472 e. The van der Waals surface area contributed by atoms with E-state index in [4.69, 9.17) is 4.74 Å². The van der Waals surface area contributed by atoms with Crippen LogP contribution in [0.25, 0.3) is 10.2 Å². The maximum atomic E-state index is 9.77. The molecule has 7 nitrogen and oxygen atoms in total. The number of para-hydroxylation sites is 1. The van der Waals surface area contributed by atoms with Crippen LogP contribution < -0.4 is 15.0 Å². The van der Waals surface area contributed by atoms with E-state index in [1.807, 2.05) is 23.1 Å². The summed E-state index contributed by atoms with van der Waals surface area (Å²) in [4.78, 5) is 15.5. The zero-order chi connectivity index (χ0) is 18.2. The predicted molar refractivity (Wildman–Crippen MR) is 106 cm³/mol. The molecule has 1 saturated heterocycles. The Kier molecular flexibility index (Phi) is 4.29. The Morgan fingerprint density at radius 3 is 2.85 bits per heavy atom. The molecule has 1 aromatic carbocycles. The molecule has 0 spiro atoms. The highest BCUT2D eigenvalue weighted by atomic mass is 32.1. The lowest BCUT2D eigenvalue weighted by Gasteiger charge is -2.35. The van der Waals surface area contributed by atoms with Crippen LogP contribution in [0, 0.1) is 0 Å². The quantitative estimate of drug-likeness (QED) is 0.701. The fraction of sp³-hybridized carbons (Fsp3) is 0.421. The molecule has 0 radical (unpaired) electrons. The molecule has 2 N–H and O–H groups in total. The van der Waals surface area contributed by atoms with Crippen LogP contribution in [0.15, 0.2) is 36.7 Å². The van der Waals surface area contributed by atoms with Crippen molar-refractivity contribution in [2.24, 2.45) is 0 Å². The molecule has 1 aliphatic carbocycles. The summed E-state index contributed by atoms with van der Waals surface area (Å²) in [6.45, 7) is 1.37. The number of aliphatic hydroxyl groups is 1. The van der Waals surface area contributed by atoms with Crippen molar-refractivity contribution in [2.75, 3.05) is 23.3 Å². The van der Waals surface area contributed by atoms with Gasteiger partial charge in [-0.2, -0.15) is 0 Å². The van der Waals surface area contributed by atoms with Gasteiger partial charge in [-0.15, -0.1) is 0 Å². The molecule has 3 aromatic rings.